The van der Waals surface area contributed by atoms with Gasteiger partial charge in [-0.25, -0.2) is 4.68 Å². The van der Waals surface area contributed by atoms with Gasteiger partial charge >= 0.3 is 6.18 Å². The molecule has 2 fully saturated rings. The van der Waals surface area contributed by atoms with Crippen LogP contribution in [0.2, 0.25) is 0 Å². The van der Waals surface area contributed by atoms with Gasteiger partial charge in [0.1, 0.15) is 0 Å². The molecule has 1 saturated heterocycles. The number of benzene rings is 1. The Balaban J connectivity index is 1.55. The quantitative estimate of drug-likeness (QED) is 0.724. The van der Waals surface area contributed by atoms with Crippen molar-refractivity contribution < 1.29 is 22.8 Å². The maximum Gasteiger partial charge on any atom is 0.416 e. The summed E-state index contributed by atoms with van der Waals surface area (Å²) in [6.07, 6.45) is -1.66. The second-order valence-electron chi connectivity index (χ2n) is 8.20. The molecule has 0 spiro atoms. The van der Waals surface area contributed by atoms with Crippen molar-refractivity contribution in [3.8, 4) is 5.69 Å². The van der Waals surface area contributed by atoms with Gasteiger partial charge < -0.3 is 9.80 Å². The van der Waals surface area contributed by atoms with E-state index < -0.39 is 23.1 Å². The van der Waals surface area contributed by atoms with E-state index in [1.807, 2.05) is 0 Å². The van der Waals surface area contributed by atoms with E-state index in [2.05, 4.69) is 5.10 Å². The van der Waals surface area contributed by atoms with Crippen LogP contribution in [0.1, 0.15) is 41.0 Å². The van der Waals surface area contributed by atoms with Gasteiger partial charge in [-0.2, -0.15) is 18.3 Å². The standard InChI is InChI=1S/C22H23F3N4O3/c1-14-12-18(30)19(26-29(14)17-7-3-6-16(13-17)22(23,24)25)21(32)28-10-8-27(9-11-28)20(31)15-4-2-5-15/h3,6-7,12-13,15H,2,4-5,8-11H2,1H3. The zero-order chi connectivity index (χ0) is 23.0. The maximum atomic E-state index is 13.1. The van der Waals surface area contributed by atoms with Crippen LogP contribution in [0.25, 0.3) is 5.69 Å². The molecule has 1 aromatic carbocycles. The molecule has 4 rings (SSSR count). The third kappa shape index (κ3) is 4.26. The number of aryl methyl sites for hydroxylation is 1. The number of aromatic nitrogens is 2. The Morgan fingerprint density at radius 1 is 1.03 bits per heavy atom. The van der Waals surface area contributed by atoms with Crippen LogP contribution in [-0.2, 0) is 11.0 Å². The molecule has 7 nitrogen and oxygen atoms in total. The van der Waals surface area contributed by atoms with Gasteiger partial charge in [0.25, 0.3) is 5.91 Å². The molecule has 1 aliphatic carbocycles. The molecular weight excluding hydrogens is 425 g/mol. The van der Waals surface area contributed by atoms with Gasteiger partial charge in [0.15, 0.2) is 5.69 Å². The molecule has 0 radical (unpaired) electrons. The lowest BCUT2D eigenvalue weighted by Gasteiger charge is -2.38. The molecule has 170 valence electrons. The number of carbonyl (C=O) groups is 2. The molecule has 0 bridgehead atoms. The van der Waals surface area contributed by atoms with Crippen LogP contribution in [0, 0.1) is 12.8 Å². The fourth-order valence-corrected chi connectivity index (χ4v) is 3.96. The molecule has 1 aliphatic heterocycles. The minimum absolute atomic E-state index is 0.0793. The van der Waals surface area contributed by atoms with Crippen molar-refractivity contribution in [3.05, 3.63) is 57.5 Å². The highest BCUT2D eigenvalue weighted by molar-refractivity contribution is 5.92. The number of halogens is 3. The first-order chi connectivity index (χ1) is 15.1. The van der Waals surface area contributed by atoms with Gasteiger partial charge in [-0.15, -0.1) is 0 Å². The number of amides is 2. The van der Waals surface area contributed by atoms with E-state index in [1.165, 1.54) is 34.7 Å². The van der Waals surface area contributed by atoms with E-state index in [4.69, 9.17) is 0 Å². The van der Waals surface area contributed by atoms with E-state index in [0.29, 0.717) is 18.8 Å². The number of nitrogens with zero attached hydrogens (tertiary/aromatic N) is 4. The number of hydrogen-bond donors (Lipinski definition) is 0. The first-order valence-corrected chi connectivity index (χ1v) is 10.5. The average Bonchev–Trinajstić information content (AvgIpc) is 2.72. The minimum Gasteiger partial charge on any atom is -0.339 e. The predicted molar refractivity (Wildman–Crippen MR) is 109 cm³/mol. The number of hydrogen-bond acceptors (Lipinski definition) is 4. The Labute approximate surface area is 182 Å². The smallest absolute Gasteiger partial charge is 0.339 e. The number of alkyl halides is 3. The Hall–Kier alpha value is -3.17. The Bertz CT molecular complexity index is 1100. The first kappa shape index (κ1) is 22.0. The number of piperazine rings is 1. The van der Waals surface area contributed by atoms with Crippen LogP contribution in [0.15, 0.2) is 35.1 Å². The van der Waals surface area contributed by atoms with Crippen LogP contribution < -0.4 is 5.43 Å². The van der Waals surface area contributed by atoms with E-state index >= 15 is 0 Å². The van der Waals surface area contributed by atoms with Crippen molar-refractivity contribution in [2.24, 2.45) is 5.92 Å². The lowest BCUT2D eigenvalue weighted by molar-refractivity contribution is -0.139. The van der Waals surface area contributed by atoms with Crippen molar-refractivity contribution in [2.75, 3.05) is 26.2 Å². The lowest BCUT2D eigenvalue weighted by Crippen LogP contribution is -2.53. The Morgan fingerprint density at radius 2 is 1.69 bits per heavy atom. The van der Waals surface area contributed by atoms with Gasteiger partial charge in [0.05, 0.1) is 11.3 Å². The third-order valence-corrected chi connectivity index (χ3v) is 6.06. The van der Waals surface area contributed by atoms with Gasteiger partial charge in [-0.1, -0.05) is 12.5 Å². The largest absolute Gasteiger partial charge is 0.416 e. The molecule has 0 N–H and O–H groups in total. The van der Waals surface area contributed by atoms with Gasteiger partial charge in [0.2, 0.25) is 11.3 Å². The Morgan fingerprint density at radius 3 is 2.28 bits per heavy atom. The van der Waals surface area contributed by atoms with Crippen molar-refractivity contribution >= 4 is 11.8 Å². The highest BCUT2D eigenvalue weighted by Crippen LogP contribution is 2.30. The summed E-state index contributed by atoms with van der Waals surface area (Å²) in [5, 5.41) is 4.11. The maximum absolute atomic E-state index is 13.1. The first-order valence-electron chi connectivity index (χ1n) is 10.5. The van der Waals surface area contributed by atoms with Crippen LogP contribution in [0.5, 0.6) is 0 Å². The van der Waals surface area contributed by atoms with Crippen LogP contribution in [0.4, 0.5) is 13.2 Å². The average molecular weight is 448 g/mol. The second kappa shape index (κ2) is 8.40. The summed E-state index contributed by atoms with van der Waals surface area (Å²) in [6.45, 7) is 2.85. The zero-order valence-electron chi connectivity index (χ0n) is 17.6. The van der Waals surface area contributed by atoms with Gasteiger partial charge in [-0.3, -0.25) is 14.4 Å². The molecule has 0 atom stereocenters. The lowest BCUT2D eigenvalue weighted by atomic mass is 9.84. The van der Waals surface area contributed by atoms with Gasteiger partial charge in [-0.05, 0) is 38.0 Å². The molecule has 10 heteroatoms. The van der Waals surface area contributed by atoms with Crippen molar-refractivity contribution in [3.63, 3.8) is 0 Å². The van der Waals surface area contributed by atoms with Crippen molar-refractivity contribution in [2.45, 2.75) is 32.4 Å². The van der Waals surface area contributed by atoms with E-state index in [-0.39, 0.29) is 36.3 Å². The molecule has 1 aromatic heterocycles. The van der Waals surface area contributed by atoms with Crippen molar-refractivity contribution in [1.82, 2.24) is 19.6 Å². The number of rotatable bonds is 3. The predicted octanol–water partition coefficient (Wildman–Crippen LogP) is 2.64. The number of carbonyl (C=O) groups excluding carboxylic acids is 2. The monoisotopic (exact) mass is 448 g/mol. The summed E-state index contributed by atoms with van der Waals surface area (Å²) < 4.78 is 40.5. The SMILES string of the molecule is Cc1cc(=O)c(C(=O)N2CCN(C(=O)C3CCC3)CC2)nn1-c1cccc(C(F)(F)F)c1. The minimum atomic E-state index is -4.53. The summed E-state index contributed by atoms with van der Waals surface area (Å²) in [5.74, 6) is -0.397. The highest BCUT2D eigenvalue weighted by Gasteiger charge is 2.33. The summed E-state index contributed by atoms with van der Waals surface area (Å²) in [7, 11) is 0. The fraction of sp³-hybridized carbons (Fsp3) is 0.455. The molecule has 2 amide bonds. The molecule has 0 unspecified atom stereocenters. The topological polar surface area (TPSA) is 75.5 Å². The second-order valence-corrected chi connectivity index (χ2v) is 8.20. The normalized spacial score (nSPS) is 17.2. The van der Waals surface area contributed by atoms with E-state index in [9.17, 15) is 27.6 Å². The van der Waals surface area contributed by atoms with Gasteiger partial charge in [0, 0.05) is 43.9 Å². The summed E-state index contributed by atoms with van der Waals surface area (Å²) in [4.78, 5) is 41.1. The van der Waals surface area contributed by atoms with Crippen molar-refractivity contribution in [1.29, 1.82) is 0 Å². The van der Waals surface area contributed by atoms with E-state index in [1.54, 1.807) is 4.90 Å². The van der Waals surface area contributed by atoms with Crippen LogP contribution >= 0.6 is 0 Å². The third-order valence-electron chi connectivity index (χ3n) is 6.06. The summed E-state index contributed by atoms with van der Waals surface area (Å²) >= 11 is 0. The molecule has 2 aliphatic rings. The van der Waals surface area contributed by atoms with E-state index in [0.717, 1.165) is 31.4 Å². The van der Waals surface area contributed by atoms with Crippen LogP contribution in [0.3, 0.4) is 0 Å². The van der Waals surface area contributed by atoms with Crippen LogP contribution in [-0.4, -0.2) is 57.6 Å². The zero-order valence-corrected chi connectivity index (χ0v) is 17.6. The molecule has 2 heterocycles. The molecule has 2 aromatic rings. The summed E-state index contributed by atoms with van der Waals surface area (Å²) in [5.41, 5.74) is -1.39. The fourth-order valence-electron chi connectivity index (χ4n) is 3.96. The highest BCUT2D eigenvalue weighted by atomic mass is 19.4. The molecular formula is C22H23F3N4O3. The molecule has 1 saturated carbocycles. The molecule has 32 heavy (non-hydrogen) atoms. The Kier molecular flexibility index (Phi) is 5.79. The summed E-state index contributed by atoms with van der Waals surface area (Å²) in [6, 6.07) is 5.73.